The molecule has 174 valence electrons. The maximum absolute atomic E-state index is 13.0. The average Bonchev–Trinajstić information content (AvgIpc) is 3.40. The summed E-state index contributed by atoms with van der Waals surface area (Å²) in [5, 5.41) is 13.4. The summed E-state index contributed by atoms with van der Waals surface area (Å²) in [4.78, 5) is 19.0. The number of aromatic nitrogens is 2. The van der Waals surface area contributed by atoms with E-state index < -0.39 is 15.6 Å². The Labute approximate surface area is 201 Å². The normalized spacial score (nSPS) is 15.9. The number of para-hydroxylation sites is 1. The van der Waals surface area contributed by atoms with Crippen LogP contribution in [0.4, 0.5) is 5.69 Å². The van der Waals surface area contributed by atoms with E-state index in [9.17, 15) is 18.3 Å². The van der Waals surface area contributed by atoms with E-state index in [1.807, 2.05) is 5.38 Å². The molecule has 1 aliphatic rings. The van der Waals surface area contributed by atoms with Gasteiger partial charge in [0.05, 0.1) is 11.1 Å². The number of fused-ring (bicyclic) bond motifs is 1. The lowest BCUT2D eigenvalue weighted by Gasteiger charge is -2.37. The number of carbonyl (C=O) groups excluding carboxylic acids is 1. The standard InChI is InChI=1S/C24H22N4O4S2/c29-23(28-13-10-24(30,11-14-28)19-15-26-33-16-19)18-6-8-20(9-7-18)27-34(31,32)21-5-1-3-17-4-2-12-25-22(17)21/h1-9,12,15-16,27,30H,10-11,13-14H2. The first-order chi connectivity index (χ1) is 16.4. The smallest absolute Gasteiger partial charge is 0.264 e. The molecule has 0 spiro atoms. The van der Waals surface area contributed by atoms with Crippen LogP contribution in [0.25, 0.3) is 10.9 Å². The van der Waals surface area contributed by atoms with E-state index in [1.54, 1.807) is 65.8 Å². The summed E-state index contributed by atoms with van der Waals surface area (Å²) >= 11 is 1.30. The second-order valence-electron chi connectivity index (χ2n) is 8.25. The molecule has 2 aromatic heterocycles. The van der Waals surface area contributed by atoms with Gasteiger partial charge in [0.25, 0.3) is 15.9 Å². The van der Waals surface area contributed by atoms with Crippen LogP contribution in [-0.2, 0) is 15.6 Å². The zero-order valence-electron chi connectivity index (χ0n) is 18.1. The predicted molar refractivity (Wildman–Crippen MR) is 130 cm³/mol. The molecule has 8 nitrogen and oxygen atoms in total. The molecule has 1 fully saturated rings. The molecule has 0 bridgehead atoms. The van der Waals surface area contributed by atoms with Crippen LogP contribution in [0.5, 0.6) is 0 Å². The number of amides is 1. The fourth-order valence-corrected chi connectivity index (χ4v) is 6.04. The summed E-state index contributed by atoms with van der Waals surface area (Å²) in [6, 6.07) is 14.9. The molecule has 5 rings (SSSR count). The van der Waals surface area contributed by atoms with Crippen LogP contribution in [0, 0.1) is 0 Å². The number of rotatable bonds is 5. The molecule has 2 aromatic carbocycles. The van der Waals surface area contributed by atoms with Crippen molar-refractivity contribution < 1.29 is 18.3 Å². The first-order valence-electron chi connectivity index (χ1n) is 10.7. The van der Waals surface area contributed by atoms with Gasteiger partial charge in [0.15, 0.2) is 0 Å². The minimum atomic E-state index is -3.87. The number of nitrogens with zero attached hydrogens (tertiary/aromatic N) is 3. The average molecular weight is 495 g/mol. The van der Waals surface area contributed by atoms with Gasteiger partial charge in [-0.05, 0) is 60.8 Å². The predicted octanol–water partition coefficient (Wildman–Crippen LogP) is 3.62. The van der Waals surface area contributed by atoms with Crippen molar-refractivity contribution in [1.82, 2.24) is 14.3 Å². The number of hydrogen-bond acceptors (Lipinski definition) is 7. The van der Waals surface area contributed by atoms with Crippen molar-refractivity contribution in [3.63, 3.8) is 0 Å². The zero-order valence-corrected chi connectivity index (χ0v) is 19.7. The maximum Gasteiger partial charge on any atom is 0.264 e. The summed E-state index contributed by atoms with van der Waals surface area (Å²) in [6.07, 6.45) is 4.11. The number of piperidine rings is 1. The molecule has 1 saturated heterocycles. The van der Waals surface area contributed by atoms with Crippen LogP contribution < -0.4 is 4.72 Å². The van der Waals surface area contributed by atoms with Crippen LogP contribution in [0.15, 0.2) is 77.3 Å². The highest BCUT2D eigenvalue weighted by Gasteiger charge is 2.36. The first kappa shape index (κ1) is 22.5. The van der Waals surface area contributed by atoms with E-state index in [2.05, 4.69) is 14.1 Å². The SMILES string of the molecule is O=C(c1ccc(NS(=O)(=O)c2cccc3cccnc23)cc1)N1CCC(O)(c2cnsc2)CC1. The van der Waals surface area contributed by atoms with Gasteiger partial charge in [-0.15, -0.1) is 0 Å². The Morgan fingerprint density at radius 1 is 1.06 bits per heavy atom. The van der Waals surface area contributed by atoms with Crippen LogP contribution >= 0.6 is 11.5 Å². The number of aliphatic hydroxyl groups is 1. The molecular weight excluding hydrogens is 472 g/mol. The Balaban J connectivity index is 1.28. The summed E-state index contributed by atoms with van der Waals surface area (Å²) in [5.74, 6) is -0.154. The summed E-state index contributed by atoms with van der Waals surface area (Å²) in [5.41, 5.74) is 1.04. The Kier molecular flexibility index (Phi) is 5.80. The number of anilines is 1. The lowest BCUT2D eigenvalue weighted by Crippen LogP contribution is -2.45. The monoisotopic (exact) mass is 494 g/mol. The number of benzene rings is 2. The maximum atomic E-state index is 13.0. The largest absolute Gasteiger partial charge is 0.385 e. The summed E-state index contributed by atoms with van der Waals surface area (Å²) in [6.45, 7) is 0.848. The number of likely N-dealkylation sites (tertiary alicyclic amines) is 1. The number of sulfonamides is 1. The van der Waals surface area contributed by atoms with Crippen LogP contribution in [-0.4, -0.2) is 46.8 Å². The van der Waals surface area contributed by atoms with Crippen molar-refractivity contribution in [2.75, 3.05) is 17.8 Å². The van der Waals surface area contributed by atoms with Gasteiger partial charge in [-0.2, -0.15) is 0 Å². The second kappa shape index (κ2) is 8.79. The van der Waals surface area contributed by atoms with E-state index in [0.717, 1.165) is 10.9 Å². The van der Waals surface area contributed by atoms with E-state index in [4.69, 9.17) is 0 Å². The highest BCUT2D eigenvalue weighted by Crippen LogP contribution is 2.33. The summed E-state index contributed by atoms with van der Waals surface area (Å²) < 4.78 is 32.6. The van der Waals surface area contributed by atoms with Gasteiger partial charge < -0.3 is 10.0 Å². The summed E-state index contributed by atoms with van der Waals surface area (Å²) in [7, 11) is -3.87. The first-order valence-corrected chi connectivity index (χ1v) is 13.1. The van der Waals surface area contributed by atoms with Crippen molar-refractivity contribution in [2.45, 2.75) is 23.3 Å². The zero-order chi connectivity index (χ0) is 23.8. The van der Waals surface area contributed by atoms with Crippen molar-refractivity contribution in [3.05, 3.63) is 83.5 Å². The molecule has 0 aliphatic carbocycles. The fourth-order valence-electron chi connectivity index (χ4n) is 4.17. The van der Waals surface area contributed by atoms with Crippen molar-refractivity contribution in [3.8, 4) is 0 Å². The molecule has 10 heteroatoms. The van der Waals surface area contributed by atoms with Gasteiger partial charge in [-0.3, -0.25) is 14.5 Å². The Hall–Kier alpha value is -3.34. The Morgan fingerprint density at radius 2 is 1.79 bits per heavy atom. The number of carbonyl (C=O) groups is 1. The third-order valence-electron chi connectivity index (χ3n) is 6.12. The third-order valence-corrected chi connectivity index (χ3v) is 8.12. The highest BCUT2D eigenvalue weighted by molar-refractivity contribution is 7.93. The number of pyridine rings is 1. The second-order valence-corrected chi connectivity index (χ2v) is 10.6. The topological polar surface area (TPSA) is 112 Å². The molecule has 1 amide bonds. The molecule has 3 heterocycles. The quantitative estimate of drug-likeness (QED) is 0.438. The minimum absolute atomic E-state index is 0.0902. The molecule has 4 aromatic rings. The van der Waals surface area contributed by atoms with Crippen molar-refractivity contribution in [2.24, 2.45) is 0 Å². The molecular formula is C24H22N4O4S2. The van der Waals surface area contributed by atoms with Gasteiger partial charge in [-0.25, -0.2) is 12.8 Å². The molecule has 2 N–H and O–H groups in total. The molecule has 34 heavy (non-hydrogen) atoms. The lowest BCUT2D eigenvalue weighted by molar-refractivity contribution is -0.0209. The molecule has 0 unspecified atom stereocenters. The lowest BCUT2D eigenvalue weighted by atomic mass is 9.86. The van der Waals surface area contributed by atoms with Crippen LogP contribution in [0.3, 0.4) is 0 Å². The third kappa shape index (κ3) is 4.27. The van der Waals surface area contributed by atoms with E-state index in [0.29, 0.717) is 42.7 Å². The van der Waals surface area contributed by atoms with E-state index in [-0.39, 0.29) is 10.8 Å². The molecule has 0 atom stereocenters. The van der Waals surface area contributed by atoms with Crippen LogP contribution in [0.1, 0.15) is 28.8 Å². The van der Waals surface area contributed by atoms with Gasteiger partial charge in [-0.1, -0.05) is 18.2 Å². The van der Waals surface area contributed by atoms with Gasteiger partial charge in [0, 0.05) is 53.1 Å². The number of nitrogens with one attached hydrogen (secondary N) is 1. The van der Waals surface area contributed by atoms with Crippen LogP contribution in [0.2, 0.25) is 0 Å². The number of hydrogen-bond donors (Lipinski definition) is 2. The molecule has 0 saturated carbocycles. The fraction of sp³-hybridized carbons (Fsp3) is 0.208. The van der Waals surface area contributed by atoms with E-state index in [1.165, 1.54) is 17.6 Å². The highest BCUT2D eigenvalue weighted by atomic mass is 32.2. The van der Waals surface area contributed by atoms with Crippen molar-refractivity contribution >= 4 is 44.1 Å². The van der Waals surface area contributed by atoms with Gasteiger partial charge in [0.1, 0.15) is 4.90 Å². The Morgan fingerprint density at radius 3 is 2.50 bits per heavy atom. The van der Waals surface area contributed by atoms with Crippen molar-refractivity contribution in [1.29, 1.82) is 0 Å². The molecule has 0 radical (unpaired) electrons. The molecule has 1 aliphatic heterocycles. The minimum Gasteiger partial charge on any atom is -0.385 e. The Bertz CT molecular complexity index is 1420. The van der Waals surface area contributed by atoms with Gasteiger partial charge in [0.2, 0.25) is 0 Å². The van der Waals surface area contributed by atoms with Gasteiger partial charge >= 0.3 is 0 Å². The van der Waals surface area contributed by atoms with E-state index >= 15 is 0 Å².